The van der Waals surface area contributed by atoms with Crippen molar-refractivity contribution in [2.75, 3.05) is 13.1 Å². The van der Waals surface area contributed by atoms with Gasteiger partial charge in [-0.3, -0.25) is 9.69 Å². The number of aliphatic carboxylic acids is 1. The van der Waals surface area contributed by atoms with Crippen LogP contribution >= 0.6 is 0 Å². The number of carbonyl (C=O) groups is 1. The Kier molecular flexibility index (Phi) is 8.38. The maximum Gasteiger partial charge on any atom is 0.417 e. The van der Waals surface area contributed by atoms with E-state index in [-0.39, 0.29) is 29.4 Å². The number of carboxylic acids is 1. The molecule has 3 nitrogen and oxygen atoms in total. The highest BCUT2D eigenvalue weighted by atomic mass is 19.4. The molecule has 0 bridgehead atoms. The zero-order valence-corrected chi connectivity index (χ0v) is 21.3. The average molecular weight is 510 g/mol. The van der Waals surface area contributed by atoms with E-state index < -0.39 is 23.6 Å². The van der Waals surface area contributed by atoms with Gasteiger partial charge in [0.25, 0.3) is 0 Å². The van der Waals surface area contributed by atoms with Crippen molar-refractivity contribution in [2.24, 2.45) is 5.92 Å². The Labute approximate surface area is 216 Å². The fourth-order valence-corrected chi connectivity index (χ4v) is 5.51. The number of halogens is 3. The number of hydrogen-bond donors (Lipinski definition) is 1. The van der Waals surface area contributed by atoms with Crippen LogP contribution in [0.2, 0.25) is 0 Å². The van der Waals surface area contributed by atoms with E-state index in [1.54, 1.807) is 42.5 Å². The molecule has 0 saturated carbocycles. The molecule has 0 amide bonds. The quantitative estimate of drug-likeness (QED) is 0.335. The standard InChI is InChI=1S/C31H34F3NO2/c1-21(2)16-28(30(36)37)27-18-25(17-26(29(27)31(32,33)34)23-12-7-4-8-13-23)24-14-9-15-35(20-24)19-22-10-5-3-6-11-22/h3-8,10-13,17-18,21,24,28H,9,14-16,19-20H2,1-2H3,(H,36,37). The molecular formula is C31H34F3NO2. The van der Waals surface area contributed by atoms with Gasteiger partial charge in [0.05, 0.1) is 11.5 Å². The fraction of sp³-hybridized carbons (Fsp3) is 0.387. The predicted octanol–water partition coefficient (Wildman–Crippen LogP) is 7.97. The van der Waals surface area contributed by atoms with Crippen LogP contribution in [0.5, 0.6) is 0 Å². The molecule has 2 atom stereocenters. The molecule has 6 heteroatoms. The first-order valence-corrected chi connectivity index (χ1v) is 12.9. The molecule has 1 N–H and O–H groups in total. The molecule has 1 aliphatic heterocycles. The molecule has 0 aromatic heterocycles. The Morgan fingerprint density at radius 1 is 1.03 bits per heavy atom. The molecule has 1 fully saturated rings. The molecular weight excluding hydrogens is 475 g/mol. The monoisotopic (exact) mass is 509 g/mol. The second kappa shape index (κ2) is 11.5. The predicted molar refractivity (Wildman–Crippen MR) is 140 cm³/mol. The fourth-order valence-electron chi connectivity index (χ4n) is 5.51. The number of benzene rings is 3. The lowest BCUT2D eigenvalue weighted by Gasteiger charge is -2.34. The lowest BCUT2D eigenvalue weighted by Crippen LogP contribution is -2.34. The normalized spacial score (nSPS) is 17.6. The van der Waals surface area contributed by atoms with Crippen molar-refractivity contribution >= 4 is 5.97 Å². The average Bonchev–Trinajstić information content (AvgIpc) is 2.87. The van der Waals surface area contributed by atoms with Gasteiger partial charge in [-0.2, -0.15) is 13.2 Å². The van der Waals surface area contributed by atoms with Crippen LogP contribution in [0.3, 0.4) is 0 Å². The van der Waals surface area contributed by atoms with E-state index in [1.165, 1.54) is 5.56 Å². The molecule has 1 saturated heterocycles. The zero-order chi connectivity index (χ0) is 26.6. The van der Waals surface area contributed by atoms with Crippen molar-refractivity contribution in [1.29, 1.82) is 0 Å². The highest BCUT2D eigenvalue weighted by Crippen LogP contribution is 2.45. The third-order valence-corrected chi connectivity index (χ3v) is 7.17. The first-order valence-electron chi connectivity index (χ1n) is 12.9. The third-order valence-electron chi connectivity index (χ3n) is 7.17. The van der Waals surface area contributed by atoms with Crippen LogP contribution in [-0.4, -0.2) is 29.1 Å². The highest BCUT2D eigenvalue weighted by molar-refractivity contribution is 5.80. The van der Waals surface area contributed by atoms with E-state index >= 15 is 0 Å². The minimum absolute atomic E-state index is 0.0226. The van der Waals surface area contributed by atoms with Crippen LogP contribution in [0.4, 0.5) is 13.2 Å². The number of hydrogen-bond acceptors (Lipinski definition) is 2. The van der Waals surface area contributed by atoms with E-state index in [9.17, 15) is 23.1 Å². The van der Waals surface area contributed by atoms with Gasteiger partial charge in [-0.25, -0.2) is 0 Å². The van der Waals surface area contributed by atoms with Gasteiger partial charge in [-0.1, -0.05) is 86.6 Å². The van der Waals surface area contributed by atoms with E-state index in [0.29, 0.717) is 5.56 Å². The van der Waals surface area contributed by atoms with Crippen LogP contribution in [0, 0.1) is 5.92 Å². The molecule has 0 aliphatic carbocycles. The summed E-state index contributed by atoms with van der Waals surface area (Å²) < 4.78 is 43.9. The number of alkyl halides is 3. The molecule has 3 aromatic carbocycles. The van der Waals surface area contributed by atoms with Crippen molar-refractivity contribution in [3.8, 4) is 11.1 Å². The van der Waals surface area contributed by atoms with Crippen molar-refractivity contribution in [1.82, 2.24) is 4.90 Å². The molecule has 4 rings (SSSR count). The summed E-state index contributed by atoms with van der Waals surface area (Å²) >= 11 is 0. The first-order chi connectivity index (χ1) is 17.6. The van der Waals surface area contributed by atoms with Gasteiger partial charge in [-0.05, 0) is 65.5 Å². The summed E-state index contributed by atoms with van der Waals surface area (Å²) in [6.07, 6.45) is -2.76. The molecule has 0 spiro atoms. The van der Waals surface area contributed by atoms with Crippen molar-refractivity contribution in [3.63, 3.8) is 0 Å². The number of likely N-dealkylation sites (tertiary alicyclic amines) is 1. The Morgan fingerprint density at radius 3 is 2.27 bits per heavy atom. The van der Waals surface area contributed by atoms with Crippen molar-refractivity contribution in [3.05, 3.63) is 95.1 Å². The summed E-state index contributed by atoms with van der Waals surface area (Å²) in [5, 5.41) is 10.1. The van der Waals surface area contributed by atoms with Crippen LogP contribution in [0.15, 0.2) is 72.8 Å². The molecule has 0 radical (unpaired) electrons. The van der Waals surface area contributed by atoms with Gasteiger partial charge in [0.1, 0.15) is 0 Å². The van der Waals surface area contributed by atoms with Gasteiger partial charge in [0, 0.05) is 13.1 Å². The Hall–Kier alpha value is -3.12. The van der Waals surface area contributed by atoms with Crippen molar-refractivity contribution < 1.29 is 23.1 Å². The summed E-state index contributed by atoms with van der Waals surface area (Å²) in [4.78, 5) is 14.7. The third kappa shape index (κ3) is 6.61. The van der Waals surface area contributed by atoms with E-state index in [0.717, 1.165) is 38.0 Å². The summed E-state index contributed by atoms with van der Waals surface area (Å²) in [6.45, 7) is 6.11. The molecule has 2 unspecified atom stereocenters. The van der Waals surface area contributed by atoms with Gasteiger partial charge in [0.2, 0.25) is 0 Å². The Morgan fingerprint density at radius 2 is 1.68 bits per heavy atom. The maximum atomic E-state index is 14.6. The second-order valence-electron chi connectivity index (χ2n) is 10.5. The van der Waals surface area contributed by atoms with E-state index in [2.05, 4.69) is 17.0 Å². The summed E-state index contributed by atoms with van der Waals surface area (Å²) in [7, 11) is 0. The van der Waals surface area contributed by atoms with Crippen molar-refractivity contribution in [2.45, 2.75) is 57.7 Å². The lowest BCUT2D eigenvalue weighted by molar-refractivity contribution is -0.141. The van der Waals surface area contributed by atoms with E-state index in [1.807, 2.05) is 32.0 Å². The number of nitrogens with zero attached hydrogens (tertiary/aromatic N) is 1. The molecule has 37 heavy (non-hydrogen) atoms. The molecule has 1 heterocycles. The van der Waals surface area contributed by atoms with Crippen LogP contribution in [-0.2, 0) is 17.5 Å². The topological polar surface area (TPSA) is 40.5 Å². The highest BCUT2D eigenvalue weighted by Gasteiger charge is 2.41. The second-order valence-corrected chi connectivity index (χ2v) is 10.5. The van der Waals surface area contributed by atoms with Crippen LogP contribution < -0.4 is 0 Å². The Balaban J connectivity index is 1.82. The van der Waals surface area contributed by atoms with Crippen LogP contribution in [0.25, 0.3) is 11.1 Å². The first kappa shape index (κ1) is 26.9. The smallest absolute Gasteiger partial charge is 0.417 e. The van der Waals surface area contributed by atoms with Gasteiger partial charge in [-0.15, -0.1) is 0 Å². The number of rotatable bonds is 8. The molecule has 196 valence electrons. The maximum absolute atomic E-state index is 14.6. The lowest BCUT2D eigenvalue weighted by atomic mass is 9.79. The zero-order valence-electron chi connectivity index (χ0n) is 21.3. The molecule has 3 aromatic rings. The SMILES string of the molecule is CC(C)CC(C(=O)O)c1cc(C2CCCN(Cc3ccccc3)C2)cc(-c2ccccc2)c1C(F)(F)F. The summed E-state index contributed by atoms with van der Waals surface area (Å²) in [6, 6.07) is 21.9. The van der Waals surface area contributed by atoms with Gasteiger partial charge < -0.3 is 5.11 Å². The van der Waals surface area contributed by atoms with E-state index in [4.69, 9.17) is 0 Å². The van der Waals surface area contributed by atoms with Crippen LogP contribution in [0.1, 0.15) is 67.2 Å². The summed E-state index contributed by atoms with van der Waals surface area (Å²) in [5.74, 6) is -2.50. The minimum atomic E-state index is -4.68. The number of carboxylic acid groups (broad SMARTS) is 1. The van der Waals surface area contributed by atoms with Gasteiger partial charge in [0.15, 0.2) is 0 Å². The van der Waals surface area contributed by atoms with Gasteiger partial charge >= 0.3 is 12.1 Å². The Bertz CT molecular complexity index is 1190. The largest absolute Gasteiger partial charge is 0.481 e. The number of piperidine rings is 1. The summed E-state index contributed by atoms with van der Waals surface area (Å²) in [5.41, 5.74) is 1.55. The molecule has 1 aliphatic rings. The minimum Gasteiger partial charge on any atom is -0.481 e.